The van der Waals surface area contributed by atoms with E-state index < -0.39 is 11.9 Å². The van der Waals surface area contributed by atoms with Crippen LogP contribution in [0.2, 0.25) is 5.02 Å². The van der Waals surface area contributed by atoms with E-state index in [2.05, 4.69) is 0 Å². The highest BCUT2D eigenvalue weighted by molar-refractivity contribution is 6.31. The summed E-state index contributed by atoms with van der Waals surface area (Å²) in [6.45, 7) is 0. The molecule has 1 aromatic carbocycles. The van der Waals surface area contributed by atoms with Crippen LogP contribution < -0.4 is 0 Å². The molecular weight excluding hydrogens is 231 g/mol. The minimum atomic E-state index is -0.866. The minimum absolute atomic E-state index is 0.0402. The highest BCUT2D eigenvalue weighted by Gasteiger charge is 2.15. The Balaban J connectivity index is 2.21. The molecule has 0 aliphatic rings. The normalized spacial score (nSPS) is 12.7. The van der Waals surface area contributed by atoms with Gasteiger partial charge in [0.05, 0.1) is 17.4 Å². The van der Waals surface area contributed by atoms with Gasteiger partial charge >= 0.3 is 0 Å². The fraction of sp³-hybridized carbons (Fsp3) is 0.167. The van der Waals surface area contributed by atoms with Gasteiger partial charge in [-0.05, 0) is 18.2 Å². The van der Waals surface area contributed by atoms with Crippen LogP contribution in [0.1, 0.15) is 17.4 Å². The first kappa shape index (κ1) is 11.2. The van der Waals surface area contributed by atoms with Crippen molar-refractivity contribution in [3.63, 3.8) is 0 Å². The summed E-state index contributed by atoms with van der Waals surface area (Å²) >= 11 is 5.76. The van der Waals surface area contributed by atoms with Crippen molar-refractivity contribution in [1.29, 1.82) is 0 Å². The third-order valence-corrected chi connectivity index (χ3v) is 2.71. The van der Waals surface area contributed by atoms with Crippen molar-refractivity contribution in [2.24, 2.45) is 0 Å². The van der Waals surface area contributed by atoms with Gasteiger partial charge in [-0.1, -0.05) is 23.7 Å². The van der Waals surface area contributed by atoms with Crippen LogP contribution in [0.15, 0.2) is 41.0 Å². The Morgan fingerprint density at radius 1 is 1.31 bits per heavy atom. The summed E-state index contributed by atoms with van der Waals surface area (Å²) in [4.78, 5) is 0. The second kappa shape index (κ2) is 4.68. The van der Waals surface area contributed by atoms with Crippen LogP contribution in [0.5, 0.6) is 0 Å². The third-order valence-electron chi connectivity index (χ3n) is 2.32. The molecule has 16 heavy (non-hydrogen) atoms. The SMILES string of the molecule is OC(Cc1ccco1)c1cccc(F)c1Cl. The second-order valence-electron chi connectivity index (χ2n) is 3.44. The molecule has 2 nitrogen and oxygen atoms in total. The molecule has 1 unspecified atom stereocenters. The molecule has 1 heterocycles. The topological polar surface area (TPSA) is 33.4 Å². The summed E-state index contributed by atoms with van der Waals surface area (Å²) in [5, 5.41) is 9.85. The van der Waals surface area contributed by atoms with Crippen LogP contribution in [0.3, 0.4) is 0 Å². The Hall–Kier alpha value is -1.32. The first-order valence-electron chi connectivity index (χ1n) is 4.83. The Morgan fingerprint density at radius 2 is 2.12 bits per heavy atom. The van der Waals surface area contributed by atoms with E-state index in [4.69, 9.17) is 16.0 Å². The van der Waals surface area contributed by atoms with Crippen LogP contribution in [-0.2, 0) is 6.42 Å². The molecule has 84 valence electrons. The van der Waals surface area contributed by atoms with Crippen molar-refractivity contribution < 1.29 is 13.9 Å². The van der Waals surface area contributed by atoms with E-state index in [0.29, 0.717) is 11.3 Å². The van der Waals surface area contributed by atoms with E-state index in [0.717, 1.165) is 0 Å². The second-order valence-corrected chi connectivity index (χ2v) is 3.82. The smallest absolute Gasteiger partial charge is 0.142 e. The molecule has 2 aromatic rings. The van der Waals surface area contributed by atoms with Gasteiger partial charge in [-0.2, -0.15) is 0 Å². The fourth-order valence-electron chi connectivity index (χ4n) is 1.51. The van der Waals surface area contributed by atoms with Gasteiger partial charge < -0.3 is 9.52 Å². The number of rotatable bonds is 3. The number of benzene rings is 1. The number of aliphatic hydroxyl groups is 1. The maximum Gasteiger partial charge on any atom is 0.142 e. The van der Waals surface area contributed by atoms with Gasteiger partial charge in [-0.3, -0.25) is 0 Å². The molecule has 0 amide bonds. The molecule has 2 rings (SSSR count). The zero-order valence-electron chi connectivity index (χ0n) is 8.36. The van der Waals surface area contributed by atoms with Gasteiger partial charge in [-0.25, -0.2) is 4.39 Å². The molecule has 4 heteroatoms. The highest BCUT2D eigenvalue weighted by Crippen LogP contribution is 2.27. The number of halogens is 2. The Bertz CT molecular complexity index is 468. The molecule has 0 spiro atoms. The fourth-order valence-corrected chi connectivity index (χ4v) is 1.76. The molecule has 0 saturated heterocycles. The van der Waals surface area contributed by atoms with E-state index in [1.165, 1.54) is 18.4 Å². The largest absolute Gasteiger partial charge is 0.469 e. The Morgan fingerprint density at radius 3 is 2.81 bits per heavy atom. The third kappa shape index (κ3) is 2.26. The molecule has 1 N–H and O–H groups in total. The van der Waals surface area contributed by atoms with Gasteiger partial charge in [0.25, 0.3) is 0 Å². The van der Waals surface area contributed by atoms with Crippen molar-refractivity contribution in [3.05, 3.63) is 58.8 Å². The zero-order valence-corrected chi connectivity index (χ0v) is 9.12. The highest BCUT2D eigenvalue weighted by atomic mass is 35.5. The van der Waals surface area contributed by atoms with Gasteiger partial charge in [0.2, 0.25) is 0 Å². The molecule has 1 aromatic heterocycles. The van der Waals surface area contributed by atoms with Crippen molar-refractivity contribution in [1.82, 2.24) is 0 Å². The molecule has 1 atom stereocenters. The Labute approximate surface area is 97.3 Å². The lowest BCUT2D eigenvalue weighted by Crippen LogP contribution is -2.02. The van der Waals surface area contributed by atoms with Gasteiger partial charge in [0.1, 0.15) is 11.6 Å². The molecular formula is C12H10ClFO2. The standard InChI is InChI=1S/C12H10ClFO2/c13-12-9(4-1-5-10(12)14)11(15)7-8-3-2-6-16-8/h1-6,11,15H,7H2. The van der Waals surface area contributed by atoms with E-state index in [1.54, 1.807) is 18.2 Å². The minimum Gasteiger partial charge on any atom is -0.469 e. The molecule has 0 radical (unpaired) electrons. The molecule has 0 saturated carbocycles. The van der Waals surface area contributed by atoms with Crippen LogP contribution in [0, 0.1) is 5.82 Å². The Kier molecular flexibility index (Phi) is 3.27. The lowest BCUT2D eigenvalue weighted by atomic mass is 10.1. The maximum absolute atomic E-state index is 13.2. The van der Waals surface area contributed by atoms with Crippen LogP contribution in [0.25, 0.3) is 0 Å². The summed E-state index contributed by atoms with van der Waals surface area (Å²) in [7, 11) is 0. The van der Waals surface area contributed by atoms with Gasteiger partial charge in [0.15, 0.2) is 0 Å². The van der Waals surface area contributed by atoms with Gasteiger partial charge in [-0.15, -0.1) is 0 Å². The van der Waals surface area contributed by atoms with E-state index >= 15 is 0 Å². The van der Waals surface area contributed by atoms with Crippen LogP contribution >= 0.6 is 11.6 Å². The average molecular weight is 241 g/mol. The van der Waals surface area contributed by atoms with E-state index in [1.807, 2.05) is 0 Å². The summed E-state index contributed by atoms with van der Waals surface area (Å²) in [6.07, 6.45) is 0.931. The number of aliphatic hydroxyl groups excluding tert-OH is 1. The lowest BCUT2D eigenvalue weighted by Gasteiger charge is -2.11. The first-order valence-corrected chi connectivity index (χ1v) is 5.20. The maximum atomic E-state index is 13.2. The first-order chi connectivity index (χ1) is 7.68. The summed E-state index contributed by atoms with van der Waals surface area (Å²) in [5.41, 5.74) is 0.373. The van der Waals surface area contributed by atoms with Crippen molar-refractivity contribution >= 4 is 11.6 Å². The summed E-state index contributed by atoms with van der Waals surface area (Å²) < 4.78 is 18.3. The van der Waals surface area contributed by atoms with E-state index in [9.17, 15) is 9.50 Å². The van der Waals surface area contributed by atoms with Crippen LogP contribution in [-0.4, -0.2) is 5.11 Å². The predicted octanol–water partition coefficient (Wildman–Crippen LogP) is 3.35. The molecule has 0 fully saturated rings. The molecule has 0 aliphatic carbocycles. The quantitative estimate of drug-likeness (QED) is 0.893. The number of hydrogen-bond donors (Lipinski definition) is 1. The van der Waals surface area contributed by atoms with Gasteiger partial charge in [0, 0.05) is 12.0 Å². The average Bonchev–Trinajstić information content (AvgIpc) is 2.74. The monoisotopic (exact) mass is 240 g/mol. The predicted molar refractivity (Wildman–Crippen MR) is 58.8 cm³/mol. The summed E-state index contributed by atoms with van der Waals surface area (Å²) in [6, 6.07) is 7.85. The molecule has 0 aliphatic heterocycles. The van der Waals surface area contributed by atoms with E-state index in [-0.39, 0.29) is 11.4 Å². The van der Waals surface area contributed by atoms with Crippen molar-refractivity contribution in [2.75, 3.05) is 0 Å². The van der Waals surface area contributed by atoms with Crippen molar-refractivity contribution in [3.8, 4) is 0 Å². The molecule has 0 bridgehead atoms. The number of furan rings is 1. The lowest BCUT2D eigenvalue weighted by molar-refractivity contribution is 0.170. The van der Waals surface area contributed by atoms with Crippen LogP contribution in [0.4, 0.5) is 4.39 Å². The zero-order chi connectivity index (χ0) is 11.5. The number of hydrogen-bond acceptors (Lipinski definition) is 2. The summed E-state index contributed by atoms with van der Waals surface area (Å²) in [5.74, 6) is 0.102. The van der Waals surface area contributed by atoms with Crippen molar-refractivity contribution in [2.45, 2.75) is 12.5 Å².